The highest BCUT2D eigenvalue weighted by atomic mass is 16.5. The maximum Gasteiger partial charge on any atom is 0.0589 e. The Morgan fingerprint density at radius 1 is 1.41 bits per heavy atom. The van der Waals surface area contributed by atoms with Crippen LogP contribution in [0.15, 0.2) is 0 Å². The quantitative estimate of drug-likeness (QED) is 0.643. The minimum absolute atomic E-state index is 0.722. The fourth-order valence-electron chi connectivity index (χ4n) is 2.22. The largest absolute Gasteiger partial charge is 0.383 e. The Morgan fingerprint density at radius 2 is 2.24 bits per heavy atom. The Kier molecular flexibility index (Phi) is 7.77. The molecule has 0 aromatic rings. The molecule has 1 saturated heterocycles. The number of ether oxygens (including phenoxy) is 1. The van der Waals surface area contributed by atoms with E-state index in [2.05, 4.69) is 29.1 Å². The van der Waals surface area contributed by atoms with Crippen molar-refractivity contribution >= 4 is 0 Å². The third kappa shape index (κ3) is 6.36. The van der Waals surface area contributed by atoms with Crippen LogP contribution in [-0.2, 0) is 4.74 Å². The van der Waals surface area contributed by atoms with E-state index in [0.29, 0.717) is 0 Å². The van der Waals surface area contributed by atoms with Crippen LogP contribution in [0.3, 0.4) is 0 Å². The lowest BCUT2D eigenvalue weighted by atomic mass is 10.2. The number of methoxy groups -OCH3 is 1. The second-order valence-electron chi connectivity index (χ2n) is 5.04. The molecule has 1 fully saturated rings. The lowest BCUT2D eigenvalue weighted by Crippen LogP contribution is -2.36. The molecule has 0 aromatic carbocycles. The minimum atomic E-state index is 0.722. The summed E-state index contributed by atoms with van der Waals surface area (Å²) in [5, 5.41) is 3.61. The molecule has 1 atom stereocenters. The summed E-state index contributed by atoms with van der Waals surface area (Å²) in [5.41, 5.74) is 0. The van der Waals surface area contributed by atoms with Gasteiger partial charge in [0.1, 0.15) is 0 Å². The summed E-state index contributed by atoms with van der Waals surface area (Å²) in [6, 6.07) is 0.722. The van der Waals surface area contributed by atoms with Crippen molar-refractivity contribution in [3.05, 3.63) is 0 Å². The average Bonchev–Trinajstić information content (AvgIpc) is 2.79. The van der Waals surface area contributed by atoms with Gasteiger partial charge in [0.2, 0.25) is 0 Å². The molecule has 4 nitrogen and oxygen atoms in total. The van der Waals surface area contributed by atoms with Gasteiger partial charge in [-0.3, -0.25) is 0 Å². The zero-order valence-corrected chi connectivity index (χ0v) is 11.7. The van der Waals surface area contributed by atoms with Crippen LogP contribution in [0.2, 0.25) is 0 Å². The van der Waals surface area contributed by atoms with E-state index in [1.54, 1.807) is 7.11 Å². The van der Waals surface area contributed by atoms with Crippen LogP contribution in [-0.4, -0.2) is 75.9 Å². The summed E-state index contributed by atoms with van der Waals surface area (Å²) in [6.45, 7) is 10.0. The minimum Gasteiger partial charge on any atom is -0.383 e. The molecule has 4 heteroatoms. The summed E-state index contributed by atoms with van der Waals surface area (Å²) in [4.78, 5) is 4.91. The van der Waals surface area contributed by atoms with Crippen LogP contribution in [0.5, 0.6) is 0 Å². The average molecular weight is 243 g/mol. The predicted molar refractivity (Wildman–Crippen MR) is 72.5 cm³/mol. The zero-order valence-electron chi connectivity index (χ0n) is 11.7. The van der Waals surface area contributed by atoms with E-state index in [9.17, 15) is 0 Å². The van der Waals surface area contributed by atoms with E-state index in [0.717, 1.165) is 32.3 Å². The van der Waals surface area contributed by atoms with E-state index >= 15 is 0 Å². The Morgan fingerprint density at radius 3 is 2.94 bits per heavy atom. The zero-order chi connectivity index (χ0) is 12.5. The molecule has 0 saturated carbocycles. The smallest absolute Gasteiger partial charge is 0.0589 e. The summed E-state index contributed by atoms with van der Waals surface area (Å²) in [5.74, 6) is 0. The molecule has 0 aromatic heterocycles. The van der Waals surface area contributed by atoms with Gasteiger partial charge in [0.15, 0.2) is 0 Å². The van der Waals surface area contributed by atoms with Gasteiger partial charge in [-0.05, 0) is 33.0 Å². The summed E-state index contributed by atoms with van der Waals surface area (Å²) in [7, 11) is 3.93. The number of nitrogens with zero attached hydrogens (tertiary/aromatic N) is 2. The topological polar surface area (TPSA) is 27.7 Å². The molecule has 1 aliphatic rings. The Hall–Kier alpha value is -0.160. The number of nitrogens with one attached hydrogen (secondary N) is 1. The molecule has 1 N–H and O–H groups in total. The van der Waals surface area contributed by atoms with Gasteiger partial charge >= 0.3 is 0 Å². The van der Waals surface area contributed by atoms with Crippen molar-refractivity contribution in [1.29, 1.82) is 0 Å². The lowest BCUT2D eigenvalue weighted by molar-refractivity contribution is 0.154. The molecule has 1 rings (SSSR count). The molecule has 1 heterocycles. The molecule has 17 heavy (non-hydrogen) atoms. The van der Waals surface area contributed by atoms with Crippen molar-refractivity contribution in [2.24, 2.45) is 0 Å². The van der Waals surface area contributed by atoms with E-state index in [1.807, 2.05) is 0 Å². The Bertz CT molecular complexity index is 190. The SMILES string of the molecule is CCCNC1CCN(CCN(C)CCOC)C1. The van der Waals surface area contributed by atoms with E-state index in [1.165, 1.54) is 32.5 Å². The highest BCUT2D eigenvalue weighted by molar-refractivity contribution is 4.81. The molecular weight excluding hydrogens is 214 g/mol. The van der Waals surface area contributed by atoms with Gasteiger partial charge in [0, 0.05) is 39.3 Å². The Labute approximate surface area is 106 Å². The standard InChI is InChI=1S/C13H29N3O/c1-4-6-14-13-5-7-16(12-13)9-8-15(2)10-11-17-3/h13-14H,4-12H2,1-3H3. The van der Waals surface area contributed by atoms with Crippen molar-refractivity contribution in [2.75, 3.05) is 60.0 Å². The number of rotatable bonds is 9. The number of hydrogen-bond acceptors (Lipinski definition) is 4. The third-order valence-electron chi connectivity index (χ3n) is 3.43. The van der Waals surface area contributed by atoms with Gasteiger partial charge in [-0.15, -0.1) is 0 Å². The molecule has 0 amide bonds. The highest BCUT2D eigenvalue weighted by Gasteiger charge is 2.21. The summed E-state index contributed by atoms with van der Waals surface area (Å²) in [6.07, 6.45) is 2.54. The first-order chi connectivity index (χ1) is 8.26. The van der Waals surface area contributed by atoms with Crippen LogP contribution in [0, 0.1) is 0 Å². The fourth-order valence-corrected chi connectivity index (χ4v) is 2.22. The maximum absolute atomic E-state index is 5.08. The van der Waals surface area contributed by atoms with Gasteiger partial charge in [0.05, 0.1) is 6.61 Å². The number of likely N-dealkylation sites (N-methyl/N-ethyl adjacent to an activating group) is 1. The van der Waals surface area contributed by atoms with Gasteiger partial charge < -0.3 is 19.9 Å². The number of likely N-dealkylation sites (tertiary alicyclic amines) is 1. The van der Waals surface area contributed by atoms with E-state index < -0.39 is 0 Å². The molecule has 0 spiro atoms. The van der Waals surface area contributed by atoms with Crippen molar-refractivity contribution in [3.63, 3.8) is 0 Å². The first kappa shape index (κ1) is 14.9. The predicted octanol–water partition coefficient (Wildman–Crippen LogP) is 0.639. The molecule has 102 valence electrons. The molecule has 1 aliphatic heterocycles. The first-order valence-electron chi connectivity index (χ1n) is 6.89. The molecule has 0 bridgehead atoms. The van der Waals surface area contributed by atoms with Crippen molar-refractivity contribution in [2.45, 2.75) is 25.8 Å². The second kappa shape index (κ2) is 8.86. The van der Waals surface area contributed by atoms with Gasteiger partial charge in [-0.2, -0.15) is 0 Å². The lowest BCUT2D eigenvalue weighted by Gasteiger charge is -2.21. The highest BCUT2D eigenvalue weighted by Crippen LogP contribution is 2.08. The van der Waals surface area contributed by atoms with Gasteiger partial charge in [-0.25, -0.2) is 0 Å². The third-order valence-corrected chi connectivity index (χ3v) is 3.43. The van der Waals surface area contributed by atoms with E-state index in [4.69, 9.17) is 4.74 Å². The molecular formula is C13H29N3O. The van der Waals surface area contributed by atoms with Crippen LogP contribution in [0.1, 0.15) is 19.8 Å². The van der Waals surface area contributed by atoms with Gasteiger partial charge in [0.25, 0.3) is 0 Å². The normalized spacial score (nSPS) is 21.5. The fraction of sp³-hybridized carbons (Fsp3) is 1.00. The monoisotopic (exact) mass is 243 g/mol. The van der Waals surface area contributed by atoms with Crippen LogP contribution >= 0.6 is 0 Å². The van der Waals surface area contributed by atoms with Crippen LogP contribution in [0.4, 0.5) is 0 Å². The first-order valence-corrected chi connectivity index (χ1v) is 6.89. The van der Waals surface area contributed by atoms with Crippen LogP contribution in [0.25, 0.3) is 0 Å². The molecule has 1 unspecified atom stereocenters. The van der Waals surface area contributed by atoms with Crippen LogP contribution < -0.4 is 5.32 Å². The van der Waals surface area contributed by atoms with Crippen molar-refractivity contribution < 1.29 is 4.74 Å². The summed E-state index contributed by atoms with van der Waals surface area (Å²) < 4.78 is 5.08. The van der Waals surface area contributed by atoms with Gasteiger partial charge in [-0.1, -0.05) is 6.92 Å². The number of hydrogen-bond donors (Lipinski definition) is 1. The second-order valence-corrected chi connectivity index (χ2v) is 5.04. The summed E-state index contributed by atoms with van der Waals surface area (Å²) >= 11 is 0. The Balaban J connectivity index is 2.05. The molecule has 0 aliphatic carbocycles. The molecule has 0 radical (unpaired) electrons. The maximum atomic E-state index is 5.08. The van der Waals surface area contributed by atoms with Crippen molar-refractivity contribution in [1.82, 2.24) is 15.1 Å². The van der Waals surface area contributed by atoms with Crippen molar-refractivity contribution in [3.8, 4) is 0 Å². The van der Waals surface area contributed by atoms with E-state index in [-0.39, 0.29) is 0 Å².